The molecule has 1 amide bonds. The summed E-state index contributed by atoms with van der Waals surface area (Å²) in [6, 6.07) is 7.99. The Kier molecular flexibility index (Phi) is 3.86. The van der Waals surface area contributed by atoms with E-state index in [2.05, 4.69) is 14.5 Å². The molecule has 1 aliphatic heterocycles. The second kappa shape index (κ2) is 6.31. The van der Waals surface area contributed by atoms with Gasteiger partial charge in [0.1, 0.15) is 0 Å². The second-order valence-corrected chi connectivity index (χ2v) is 6.07. The summed E-state index contributed by atoms with van der Waals surface area (Å²) >= 11 is 0. The number of nitrogens with zero attached hydrogens (tertiary/aromatic N) is 5. The number of hydrogen-bond donors (Lipinski definition) is 0. The molecular formula is C18H19N5O. The third-order valence-electron chi connectivity index (χ3n) is 4.55. The fraction of sp³-hybridized carbons (Fsp3) is 0.278. The molecule has 0 spiro atoms. The first-order chi connectivity index (χ1) is 11.8. The van der Waals surface area contributed by atoms with Crippen molar-refractivity contribution in [2.45, 2.75) is 18.9 Å². The van der Waals surface area contributed by atoms with Crippen molar-refractivity contribution >= 4 is 5.91 Å². The predicted molar refractivity (Wildman–Crippen MR) is 90.0 cm³/mol. The largest absolute Gasteiger partial charge is 0.337 e. The van der Waals surface area contributed by atoms with E-state index in [-0.39, 0.29) is 5.91 Å². The monoisotopic (exact) mass is 321 g/mol. The van der Waals surface area contributed by atoms with E-state index in [0.717, 1.165) is 37.2 Å². The lowest BCUT2D eigenvalue weighted by atomic mass is 10.0. The lowest BCUT2D eigenvalue weighted by Gasteiger charge is -2.33. The SMILES string of the molecule is O=C(c1ccc(-n2ccnc2)cc1)N1CCC[C@H](n2ccnc2)C1. The lowest BCUT2D eigenvalue weighted by molar-refractivity contribution is 0.0679. The second-order valence-electron chi connectivity index (χ2n) is 6.07. The van der Waals surface area contributed by atoms with Crippen LogP contribution < -0.4 is 0 Å². The van der Waals surface area contributed by atoms with E-state index in [4.69, 9.17) is 0 Å². The minimum Gasteiger partial charge on any atom is -0.337 e. The molecule has 0 aliphatic carbocycles. The number of carbonyl (C=O) groups is 1. The minimum atomic E-state index is 0.0944. The summed E-state index contributed by atoms with van der Waals surface area (Å²) in [5, 5.41) is 0. The van der Waals surface area contributed by atoms with E-state index in [1.807, 2.05) is 52.5 Å². The Balaban J connectivity index is 1.49. The van der Waals surface area contributed by atoms with Crippen LogP contribution in [0, 0.1) is 0 Å². The maximum Gasteiger partial charge on any atom is 0.253 e. The molecule has 0 N–H and O–H groups in total. The van der Waals surface area contributed by atoms with Crippen LogP contribution in [-0.4, -0.2) is 43.0 Å². The van der Waals surface area contributed by atoms with Gasteiger partial charge in [0.15, 0.2) is 0 Å². The molecule has 1 aromatic carbocycles. The summed E-state index contributed by atoms with van der Waals surface area (Å²) in [5.74, 6) is 0.0944. The quantitative estimate of drug-likeness (QED) is 0.745. The highest BCUT2D eigenvalue weighted by Crippen LogP contribution is 2.23. The average molecular weight is 321 g/mol. The molecule has 24 heavy (non-hydrogen) atoms. The Morgan fingerprint density at radius 1 is 1.04 bits per heavy atom. The van der Waals surface area contributed by atoms with Crippen LogP contribution in [0.15, 0.2) is 61.7 Å². The number of piperidine rings is 1. The highest BCUT2D eigenvalue weighted by molar-refractivity contribution is 5.94. The van der Waals surface area contributed by atoms with Gasteiger partial charge in [0.25, 0.3) is 5.91 Å². The van der Waals surface area contributed by atoms with Crippen LogP contribution in [0.25, 0.3) is 5.69 Å². The molecule has 3 heterocycles. The molecule has 0 saturated carbocycles. The van der Waals surface area contributed by atoms with Crippen LogP contribution in [-0.2, 0) is 0 Å². The van der Waals surface area contributed by atoms with Gasteiger partial charge in [-0.25, -0.2) is 9.97 Å². The van der Waals surface area contributed by atoms with Crippen molar-refractivity contribution in [2.75, 3.05) is 13.1 Å². The zero-order valence-corrected chi connectivity index (χ0v) is 13.3. The van der Waals surface area contributed by atoms with Crippen molar-refractivity contribution in [3.63, 3.8) is 0 Å². The summed E-state index contributed by atoms with van der Waals surface area (Å²) in [6.07, 6.45) is 13.1. The van der Waals surface area contributed by atoms with E-state index in [1.165, 1.54) is 0 Å². The van der Waals surface area contributed by atoms with Crippen molar-refractivity contribution in [3.8, 4) is 5.69 Å². The van der Waals surface area contributed by atoms with Crippen LogP contribution in [0.2, 0.25) is 0 Å². The van der Waals surface area contributed by atoms with Gasteiger partial charge >= 0.3 is 0 Å². The highest BCUT2D eigenvalue weighted by atomic mass is 16.2. The molecule has 6 nitrogen and oxygen atoms in total. The molecule has 4 rings (SSSR count). The maximum absolute atomic E-state index is 12.8. The number of aromatic nitrogens is 4. The number of hydrogen-bond acceptors (Lipinski definition) is 3. The smallest absolute Gasteiger partial charge is 0.253 e. The van der Waals surface area contributed by atoms with Gasteiger partial charge in [0.2, 0.25) is 0 Å². The number of imidazole rings is 2. The van der Waals surface area contributed by atoms with Gasteiger partial charge < -0.3 is 14.0 Å². The molecule has 0 unspecified atom stereocenters. The number of likely N-dealkylation sites (tertiary alicyclic amines) is 1. The normalized spacial score (nSPS) is 17.8. The lowest BCUT2D eigenvalue weighted by Crippen LogP contribution is -2.40. The van der Waals surface area contributed by atoms with Crippen LogP contribution in [0.4, 0.5) is 0 Å². The van der Waals surface area contributed by atoms with Crippen LogP contribution in [0.3, 0.4) is 0 Å². The molecule has 2 aromatic heterocycles. The fourth-order valence-corrected chi connectivity index (χ4v) is 3.24. The Hall–Kier alpha value is -2.89. The van der Waals surface area contributed by atoms with Gasteiger partial charge in [-0.05, 0) is 37.1 Å². The van der Waals surface area contributed by atoms with E-state index in [0.29, 0.717) is 6.04 Å². The van der Waals surface area contributed by atoms with Crippen LogP contribution in [0.1, 0.15) is 29.2 Å². The van der Waals surface area contributed by atoms with Crippen LogP contribution in [0.5, 0.6) is 0 Å². The van der Waals surface area contributed by atoms with E-state index in [9.17, 15) is 4.79 Å². The van der Waals surface area contributed by atoms with E-state index >= 15 is 0 Å². The Morgan fingerprint density at radius 3 is 2.54 bits per heavy atom. The van der Waals surface area contributed by atoms with Crippen LogP contribution >= 0.6 is 0 Å². The molecule has 0 radical (unpaired) electrons. The van der Waals surface area contributed by atoms with Gasteiger partial charge in [0.05, 0.1) is 18.7 Å². The molecular weight excluding hydrogens is 302 g/mol. The number of benzene rings is 1. The predicted octanol–water partition coefficient (Wildman–Crippen LogP) is 2.55. The Bertz CT molecular complexity index is 793. The topological polar surface area (TPSA) is 56.0 Å². The molecule has 1 aliphatic rings. The minimum absolute atomic E-state index is 0.0944. The number of amides is 1. The van der Waals surface area contributed by atoms with E-state index in [1.54, 1.807) is 18.7 Å². The molecule has 1 saturated heterocycles. The average Bonchev–Trinajstić information content (AvgIpc) is 3.35. The summed E-state index contributed by atoms with van der Waals surface area (Å²) < 4.78 is 4.02. The third-order valence-corrected chi connectivity index (χ3v) is 4.55. The third kappa shape index (κ3) is 2.82. The van der Waals surface area contributed by atoms with Gasteiger partial charge in [-0.1, -0.05) is 0 Å². The molecule has 6 heteroatoms. The summed E-state index contributed by atoms with van der Waals surface area (Å²) in [5.41, 5.74) is 1.73. The molecule has 1 fully saturated rings. The number of carbonyl (C=O) groups excluding carboxylic acids is 1. The Labute approximate surface area is 140 Å². The molecule has 1 atom stereocenters. The van der Waals surface area contributed by atoms with Gasteiger partial charge in [0, 0.05) is 49.1 Å². The molecule has 122 valence electrons. The van der Waals surface area contributed by atoms with Crippen molar-refractivity contribution in [3.05, 3.63) is 67.3 Å². The summed E-state index contributed by atoms with van der Waals surface area (Å²) in [7, 11) is 0. The fourth-order valence-electron chi connectivity index (χ4n) is 3.24. The van der Waals surface area contributed by atoms with Crippen molar-refractivity contribution in [1.82, 2.24) is 24.0 Å². The summed E-state index contributed by atoms with van der Waals surface area (Å²) in [6.45, 7) is 1.55. The van der Waals surface area contributed by atoms with Gasteiger partial charge in [-0.3, -0.25) is 4.79 Å². The standard InChI is InChI=1S/C18H19N5O/c24-18(15-3-5-16(6-4-15)22-10-7-19-13-22)21-9-1-2-17(12-21)23-11-8-20-14-23/h3-8,10-11,13-14,17H,1-2,9,12H2/t17-/m0/s1. The van der Waals surface area contributed by atoms with Crippen molar-refractivity contribution in [1.29, 1.82) is 0 Å². The first kappa shape index (κ1) is 14.7. The van der Waals surface area contributed by atoms with Gasteiger partial charge in [-0.2, -0.15) is 0 Å². The first-order valence-electron chi connectivity index (χ1n) is 8.16. The summed E-state index contributed by atoms with van der Waals surface area (Å²) in [4.78, 5) is 22.9. The maximum atomic E-state index is 12.8. The Morgan fingerprint density at radius 2 is 1.83 bits per heavy atom. The molecule has 0 bridgehead atoms. The first-order valence-corrected chi connectivity index (χ1v) is 8.16. The zero-order chi connectivity index (χ0) is 16.4. The molecule has 3 aromatic rings. The van der Waals surface area contributed by atoms with Crippen molar-refractivity contribution in [2.24, 2.45) is 0 Å². The van der Waals surface area contributed by atoms with Gasteiger partial charge in [-0.15, -0.1) is 0 Å². The van der Waals surface area contributed by atoms with E-state index < -0.39 is 0 Å². The van der Waals surface area contributed by atoms with Crippen molar-refractivity contribution < 1.29 is 4.79 Å². The highest BCUT2D eigenvalue weighted by Gasteiger charge is 2.25. The number of rotatable bonds is 3. The zero-order valence-electron chi connectivity index (χ0n) is 13.3.